The number of nitrogens with one attached hydrogen (secondary N) is 1. The van der Waals surface area contributed by atoms with E-state index in [4.69, 9.17) is 24.7 Å². The van der Waals surface area contributed by atoms with E-state index in [1.165, 1.54) is 24.4 Å². The molecular formula is C31H28BrF6IN4O4. The smallest absolute Gasteiger partial charge is 0.399 e. The van der Waals surface area contributed by atoms with Gasteiger partial charge in [0.25, 0.3) is 3.79 Å². The molecule has 0 amide bonds. The highest BCUT2D eigenvalue weighted by Crippen LogP contribution is 2.38. The highest BCUT2D eigenvalue weighted by molar-refractivity contribution is 14.1. The highest BCUT2D eigenvalue weighted by Gasteiger charge is 2.37. The van der Waals surface area contributed by atoms with Gasteiger partial charge in [0.2, 0.25) is 5.79 Å². The summed E-state index contributed by atoms with van der Waals surface area (Å²) in [6, 6.07) is 16.8. The Bertz CT molecular complexity index is 1600. The number of rotatable bonds is 4. The lowest BCUT2D eigenvalue weighted by Gasteiger charge is -2.21. The van der Waals surface area contributed by atoms with E-state index in [0.29, 0.717) is 43.5 Å². The van der Waals surface area contributed by atoms with E-state index >= 15 is 0 Å². The first-order valence-electron chi connectivity index (χ1n) is 13.8. The number of ether oxygens (including phenoxy) is 4. The number of nitrogens with zero attached hydrogens (tertiary/aromatic N) is 2. The predicted molar refractivity (Wildman–Crippen MR) is 174 cm³/mol. The van der Waals surface area contributed by atoms with Crippen molar-refractivity contribution in [2.45, 2.75) is 28.9 Å². The van der Waals surface area contributed by atoms with Crippen molar-refractivity contribution >= 4 is 55.6 Å². The monoisotopic (exact) mass is 840 g/mol. The van der Waals surface area contributed by atoms with Gasteiger partial charge in [-0.1, -0.05) is 12.1 Å². The number of aromatic nitrogens is 2. The van der Waals surface area contributed by atoms with Crippen molar-refractivity contribution < 1.29 is 45.3 Å². The Kier molecular flexibility index (Phi) is 12.1. The molecule has 252 valence electrons. The van der Waals surface area contributed by atoms with Gasteiger partial charge in [-0.25, -0.2) is 0 Å². The van der Waals surface area contributed by atoms with Crippen LogP contribution in [0.4, 0.5) is 43.4 Å². The van der Waals surface area contributed by atoms with Crippen LogP contribution in [0.5, 0.6) is 0 Å². The van der Waals surface area contributed by atoms with Gasteiger partial charge >= 0.3 is 12.4 Å². The summed E-state index contributed by atoms with van der Waals surface area (Å²) >= 11 is 5.35. The fourth-order valence-electron chi connectivity index (χ4n) is 4.14. The number of anilines is 3. The Labute approximate surface area is 288 Å². The third-order valence-electron chi connectivity index (χ3n) is 6.45. The Morgan fingerprint density at radius 3 is 1.79 bits per heavy atom. The van der Waals surface area contributed by atoms with Crippen LogP contribution in [0.25, 0.3) is 0 Å². The zero-order chi connectivity index (χ0) is 34.3. The van der Waals surface area contributed by atoms with E-state index in [2.05, 4.69) is 31.2 Å². The average molecular weight is 841 g/mol. The van der Waals surface area contributed by atoms with Gasteiger partial charge in [-0.15, -0.1) is 0 Å². The van der Waals surface area contributed by atoms with E-state index in [0.717, 1.165) is 34.4 Å². The van der Waals surface area contributed by atoms with Gasteiger partial charge in [0, 0.05) is 22.0 Å². The minimum atomic E-state index is -4.37. The minimum Gasteiger partial charge on any atom is -0.399 e. The fraction of sp³-hybridized carbons (Fsp3) is 0.290. The molecule has 3 N–H and O–H groups in total. The predicted octanol–water partition coefficient (Wildman–Crippen LogP) is 8.79. The number of alkyl halides is 7. The average Bonchev–Trinajstić information content (AvgIpc) is 3.67. The van der Waals surface area contributed by atoms with Crippen molar-refractivity contribution in [3.8, 4) is 0 Å². The Morgan fingerprint density at radius 1 is 0.723 bits per heavy atom. The summed E-state index contributed by atoms with van der Waals surface area (Å²) in [6.07, 6.45) is -5.40. The fourth-order valence-corrected chi connectivity index (χ4v) is 5.14. The van der Waals surface area contributed by atoms with Crippen LogP contribution in [0.3, 0.4) is 0 Å². The van der Waals surface area contributed by atoms with E-state index in [-0.39, 0.29) is 5.69 Å². The van der Waals surface area contributed by atoms with Gasteiger partial charge in [0.1, 0.15) is 5.69 Å². The van der Waals surface area contributed by atoms with E-state index in [1.807, 2.05) is 41.6 Å². The normalized spacial score (nSPS) is 16.8. The van der Waals surface area contributed by atoms with Crippen molar-refractivity contribution in [2.24, 2.45) is 0 Å². The summed E-state index contributed by atoms with van der Waals surface area (Å²) in [5.41, 5.74) is 6.20. The number of pyridine rings is 2. The SMILES string of the molecule is CC1(c2ccc(Br)cn2)OCCO1.FC(F)(F)c1cccc(Nc2ccc(C3(I)OCCO3)nc2)c1.Nc1cccc(C(F)(F)F)c1. The standard InChI is InChI=1S/C15H12F3IN2O2.C9H10BrNO2.C7H6F3N/c16-14(17,18)10-2-1-3-11(8-10)21-12-4-5-13(20-9-12)15(19)22-6-7-23-15;1-9(12-4-5-13-9)8-3-2-7(10)6-11-8;8-7(9,10)5-2-1-3-6(11)4-5/h1-5,8-9,21H,6-7H2;2-3,6H,4-5H2,1H3;1-4H,11H2. The molecule has 2 saturated heterocycles. The Balaban J connectivity index is 0.000000176. The van der Waals surface area contributed by atoms with Crippen molar-refractivity contribution in [2.75, 3.05) is 37.5 Å². The summed E-state index contributed by atoms with van der Waals surface area (Å²) in [5.74, 6) is -0.652. The summed E-state index contributed by atoms with van der Waals surface area (Å²) < 4.78 is 95.8. The summed E-state index contributed by atoms with van der Waals surface area (Å²) in [4.78, 5) is 8.49. The molecule has 6 rings (SSSR count). The zero-order valence-electron chi connectivity index (χ0n) is 24.5. The van der Waals surface area contributed by atoms with Crippen molar-refractivity contribution in [3.05, 3.63) is 112 Å². The summed E-state index contributed by atoms with van der Waals surface area (Å²) in [6.45, 7) is 4.14. The number of hydrogen-bond donors (Lipinski definition) is 2. The summed E-state index contributed by atoms with van der Waals surface area (Å²) in [5, 5.41) is 2.90. The molecule has 2 aliphatic rings. The minimum absolute atomic E-state index is 0.125. The first kappa shape index (κ1) is 36.8. The Hall–Kier alpha value is -3.03. The number of hydrogen-bond acceptors (Lipinski definition) is 8. The van der Waals surface area contributed by atoms with Crippen LogP contribution in [0.15, 0.2) is 89.7 Å². The number of benzene rings is 2. The number of nitrogens with two attached hydrogens (primary N) is 1. The van der Waals surface area contributed by atoms with Crippen LogP contribution in [0, 0.1) is 0 Å². The third-order valence-corrected chi connectivity index (χ3v) is 8.10. The van der Waals surface area contributed by atoms with Crippen molar-refractivity contribution in [1.29, 1.82) is 0 Å². The largest absolute Gasteiger partial charge is 0.416 e. The molecule has 0 aliphatic carbocycles. The van der Waals surface area contributed by atoms with Crippen LogP contribution in [-0.4, -0.2) is 36.4 Å². The molecule has 2 aliphatic heterocycles. The van der Waals surface area contributed by atoms with E-state index in [1.54, 1.807) is 24.4 Å². The topological polar surface area (TPSA) is 101 Å². The summed E-state index contributed by atoms with van der Waals surface area (Å²) in [7, 11) is 0. The van der Waals surface area contributed by atoms with Gasteiger partial charge in [-0.05, 0) is 106 Å². The molecular weight excluding hydrogens is 813 g/mol. The Morgan fingerprint density at radius 2 is 1.28 bits per heavy atom. The molecule has 47 heavy (non-hydrogen) atoms. The second kappa shape index (κ2) is 15.5. The molecule has 0 unspecified atom stereocenters. The molecule has 0 atom stereocenters. The maximum atomic E-state index is 12.7. The second-order valence-electron chi connectivity index (χ2n) is 10.00. The van der Waals surface area contributed by atoms with Gasteiger partial charge in [-0.3, -0.25) is 9.97 Å². The number of nitrogen functional groups attached to an aromatic ring is 1. The second-order valence-corrected chi connectivity index (χ2v) is 12.3. The van der Waals surface area contributed by atoms with E-state index in [9.17, 15) is 26.3 Å². The molecule has 2 aromatic heterocycles. The molecule has 4 heterocycles. The lowest BCUT2D eigenvalue weighted by atomic mass is 10.2. The van der Waals surface area contributed by atoms with Gasteiger partial charge in [-0.2, -0.15) is 26.3 Å². The van der Waals surface area contributed by atoms with Crippen molar-refractivity contribution in [3.63, 3.8) is 0 Å². The van der Waals surface area contributed by atoms with E-state index < -0.39 is 33.1 Å². The molecule has 0 saturated carbocycles. The van der Waals surface area contributed by atoms with Crippen LogP contribution in [0.1, 0.15) is 29.4 Å². The van der Waals surface area contributed by atoms with Gasteiger partial charge < -0.3 is 30.0 Å². The quantitative estimate of drug-likeness (QED) is 0.0911. The van der Waals surface area contributed by atoms with Crippen LogP contribution >= 0.6 is 38.5 Å². The lowest BCUT2D eigenvalue weighted by molar-refractivity contribution is -0.152. The lowest BCUT2D eigenvalue weighted by Crippen LogP contribution is -2.23. The van der Waals surface area contributed by atoms with Gasteiger partial charge in [0.05, 0.1) is 55.1 Å². The highest BCUT2D eigenvalue weighted by atomic mass is 127. The van der Waals surface area contributed by atoms with Crippen LogP contribution in [-0.2, 0) is 40.9 Å². The van der Waals surface area contributed by atoms with Crippen LogP contribution < -0.4 is 11.1 Å². The molecule has 0 bridgehead atoms. The molecule has 2 fully saturated rings. The molecule has 16 heteroatoms. The molecule has 0 spiro atoms. The third kappa shape index (κ3) is 10.5. The van der Waals surface area contributed by atoms with Crippen LogP contribution in [0.2, 0.25) is 0 Å². The van der Waals surface area contributed by atoms with Gasteiger partial charge in [0.15, 0.2) is 0 Å². The molecule has 8 nitrogen and oxygen atoms in total. The zero-order valence-corrected chi connectivity index (χ0v) is 28.3. The molecule has 0 radical (unpaired) electrons. The maximum absolute atomic E-state index is 12.7. The maximum Gasteiger partial charge on any atom is 0.416 e. The molecule has 2 aromatic carbocycles. The first-order chi connectivity index (χ1) is 22.1. The molecule has 4 aromatic rings. The number of halogens is 8. The first-order valence-corrected chi connectivity index (χ1v) is 15.6. The van der Waals surface area contributed by atoms with Crippen molar-refractivity contribution in [1.82, 2.24) is 9.97 Å².